The summed E-state index contributed by atoms with van der Waals surface area (Å²) in [7, 11) is 0. The number of nitrogens with one attached hydrogen (secondary N) is 1. The first-order valence-electron chi connectivity index (χ1n) is 9.62. The molecule has 29 heavy (non-hydrogen) atoms. The van der Waals surface area contributed by atoms with Crippen LogP contribution in [0.5, 0.6) is 11.5 Å². The summed E-state index contributed by atoms with van der Waals surface area (Å²) in [5.74, 6) is 1.90. The van der Waals surface area contributed by atoms with Crippen LogP contribution in [0, 0.1) is 0 Å². The Kier molecular flexibility index (Phi) is 4.48. The monoisotopic (exact) mass is 388 g/mol. The van der Waals surface area contributed by atoms with Gasteiger partial charge in [0.1, 0.15) is 0 Å². The van der Waals surface area contributed by atoms with Crippen LogP contribution in [-0.2, 0) is 13.0 Å². The Morgan fingerprint density at radius 3 is 2.79 bits per heavy atom. The van der Waals surface area contributed by atoms with Gasteiger partial charge in [-0.25, -0.2) is 9.97 Å². The number of carbonyl (C=O) groups excluding carboxylic acids is 1. The van der Waals surface area contributed by atoms with Crippen molar-refractivity contribution in [1.29, 1.82) is 0 Å². The van der Waals surface area contributed by atoms with E-state index in [0.717, 1.165) is 35.6 Å². The summed E-state index contributed by atoms with van der Waals surface area (Å²) in [5, 5.41) is 3.17. The van der Waals surface area contributed by atoms with Crippen molar-refractivity contribution >= 4 is 17.5 Å². The molecule has 2 aliphatic rings. The average molecular weight is 388 g/mol. The molecule has 0 saturated heterocycles. The van der Waals surface area contributed by atoms with Gasteiger partial charge in [0, 0.05) is 31.2 Å². The summed E-state index contributed by atoms with van der Waals surface area (Å²) < 4.78 is 10.7. The number of para-hydroxylation sites is 1. The number of aromatic nitrogens is 2. The van der Waals surface area contributed by atoms with E-state index in [1.54, 1.807) is 12.4 Å². The molecule has 0 radical (unpaired) electrons. The molecular weight excluding hydrogens is 368 g/mol. The lowest BCUT2D eigenvalue weighted by Gasteiger charge is -2.29. The molecule has 3 aromatic rings. The number of fused-ring (bicyclic) bond motifs is 2. The molecule has 0 aliphatic carbocycles. The Morgan fingerprint density at radius 2 is 1.90 bits per heavy atom. The third-order valence-corrected chi connectivity index (χ3v) is 5.14. The highest BCUT2D eigenvalue weighted by molar-refractivity contribution is 6.06. The predicted molar refractivity (Wildman–Crippen MR) is 108 cm³/mol. The number of benzene rings is 2. The van der Waals surface area contributed by atoms with Gasteiger partial charge in [-0.1, -0.05) is 24.3 Å². The summed E-state index contributed by atoms with van der Waals surface area (Å²) in [5.41, 5.74) is 3.70. The number of hydrogen-bond donors (Lipinski definition) is 1. The number of hydrogen-bond acceptors (Lipinski definition) is 6. The van der Waals surface area contributed by atoms with Gasteiger partial charge in [-0.3, -0.25) is 4.79 Å². The largest absolute Gasteiger partial charge is 0.454 e. The molecule has 0 bridgehead atoms. The van der Waals surface area contributed by atoms with Crippen LogP contribution in [-0.4, -0.2) is 29.2 Å². The summed E-state index contributed by atoms with van der Waals surface area (Å²) >= 11 is 0. The van der Waals surface area contributed by atoms with E-state index in [1.165, 1.54) is 5.56 Å². The lowest BCUT2D eigenvalue weighted by Crippen LogP contribution is -2.35. The highest BCUT2D eigenvalue weighted by Crippen LogP contribution is 2.32. The minimum atomic E-state index is -0.0699. The van der Waals surface area contributed by atoms with Gasteiger partial charge < -0.3 is 19.7 Å². The summed E-state index contributed by atoms with van der Waals surface area (Å²) in [4.78, 5) is 23.4. The summed E-state index contributed by atoms with van der Waals surface area (Å²) in [6, 6.07) is 13.8. The quantitative estimate of drug-likeness (QED) is 0.738. The lowest BCUT2D eigenvalue weighted by molar-refractivity contribution is 0.0984. The lowest BCUT2D eigenvalue weighted by atomic mass is 10.0. The molecule has 7 heteroatoms. The van der Waals surface area contributed by atoms with Crippen LogP contribution < -0.4 is 19.7 Å². The Labute approximate surface area is 168 Å². The minimum Gasteiger partial charge on any atom is -0.454 e. The summed E-state index contributed by atoms with van der Waals surface area (Å²) in [6.07, 6.45) is 5.11. The third kappa shape index (κ3) is 3.47. The van der Waals surface area contributed by atoms with Crippen molar-refractivity contribution in [3.05, 3.63) is 71.5 Å². The van der Waals surface area contributed by atoms with Crippen molar-refractivity contribution in [2.45, 2.75) is 19.4 Å². The zero-order valence-electron chi connectivity index (χ0n) is 15.8. The van der Waals surface area contributed by atoms with Crippen molar-refractivity contribution in [1.82, 2.24) is 9.97 Å². The second-order valence-electron chi connectivity index (χ2n) is 7.03. The molecule has 0 fully saturated rings. The van der Waals surface area contributed by atoms with Gasteiger partial charge in [-0.15, -0.1) is 0 Å². The molecule has 1 aromatic heterocycles. The van der Waals surface area contributed by atoms with E-state index in [-0.39, 0.29) is 12.7 Å². The number of anilines is 2. The van der Waals surface area contributed by atoms with Gasteiger partial charge in [0.15, 0.2) is 11.5 Å². The molecular formula is C22H20N4O3. The predicted octanol–water partition coefficient (Wildman–Crippen LogP) is 3.41. The van der Waals surface area contributed by atoms with E-state index < -0.39 is 0 Å². The molecule has 2 aromatic carbocycles. The van der Waals surface area contributed by atoms with Crippen LogP contribution in [0.1, 0.15) is 27.9 Å². The molecule has 3 heterocycles. The summed E-state index contributed by atoms with van der Waals surface area (Å²) in [6.45, 7) is 1.51. The highest BCUT2D eigenvalue weighted by atomic mass is 16.7. The fourth-order valence-corrected chi connectivity index (χ4v) is 3.66. The van der Waals surface area contributed by atoms with E-state index in [9.17, 15) is 4.79 Å². The average Bonchev–Trinajstić information content (AvgIpc) is 3.25. The van der Waals surface area contributed by atoms with Crippen LogP contribution in [0.3, 0.4) is 0 Å². The molecule has 5 rings (SSSR count). The Bertz CT molecular complexity index is 1050. The first-order chi connectivity index (χ1) is 14.3. The molecule has 146 valence electrons. The second-order valence-corrected chi connectivity index (χ2v) is 7.03. The van der Waals surface area contributed by atoms with Gasteiger partial charge in [-0.05, 0) is 42.2 Å². The third-order valence-electron chi connectivity index (χ3n) is 5.14. The van der Waals surface area contributed by atoms with Gasteiger partial charge in [0.2, 0.25) is 12.7 Å². The van der Waals surface area contributed by atoms with E-state index in [2.05, 4.69) is 21.4 Å². The zero-order valence-corrected chi connectivity index (χ0v) is 15.8. The molecule has 2 aliphatic heterocycles. The second kappa shape index (κ2) is 7.43. The molecule has 1 amide bonds. The molecule has 0 unspecified atom stereocenters. The molecule has 0 atom stereocenters. The number of aryl methyl sites for hydroxylation is 1. The number of rotatable bonds is 4. The minimum absolute atomic E-state index is 0.0699. The van der Waals surface area contributed by atoms with Crippen LogP contribution in [0.2, 0.25) is 0 Å². The van der Waals surface area contributed by atoms with E-state index >= 15 is 0 Å². The van der Waals surface area contributed by atoms with E-state index in [4.69, 9.17) is 9.47 Å². The van der Waals surface area contributed by atoms with Crippen LogP contribution in [0.4, 0.5) is 11.6 Å². The van der Waals surface area contributed by atoms with Crippen molar-refractivity contribution in [2.24, 2.45) is 0 Å². The van der Waals surface area contributed by atoms with E-state index in [0.29, 0.717) is 24.6 Å². The molecule has 7 nitrogen and oxygen atoms in total. The van der Waals surface area contributed by atoms with Crippen molar-refractivity contribution in [3.63, 3.8) is 0 Å². The van der Waals surface area contributed by atoms with Gasteiger partial charge in [-0.2, -0.15) is 0 Å². The molecule has 1 N–H and O–H groups in total. The van der Waals surface area contributed by atoms with Crippen LogP contribution in [0.25, 0.3) is 0 Å². The number of ether oxygens (including phenoxy) is 2. The van der Waals surface area contributed by atoms with E-state index in [1.807, 2.05) is 41.3 Å². The maximum absolute atomic E-state index is 13.0. The Hall–Kier alpha value is -3.61. The van der Waals surface area contributed by atoms with Crippen LogP contribution in [0.15, 0.2) is 54.9 Å². The van der Waals surface area contributed by atoms with Gasteiger partial charge >= 0.3 is 0 Å². The van der Waals surface area contributed by atoms with Crippen molar-refractivity contribution in [3.8, 4) is 11.5 Å². The van der Waals surface area contributed by atoms with Crippen molar-refractivity contribution < 1.29 is 14.3 Å². The zero-order chi connectivity index (χ0) is 19.6. The molecule has 0 saturated carbocycles. The standard InChI is InChI=1S/C22H20N4O3/c27-21(26-9-3-5-16-4-1-2-6-18(16)26)17-12-24-22(25-13-17)23-11-15-7-8-19-20(10-15)29-14-28-19/h1-2,4,6-8,10,12-13H,3,5,9,11,14H2,(H,23,24,25). The number of nitrogens with zero attached hydrogens (tertiary/aromatic N) is 3. The smallest absolute Gasteiger partial charge is 0.261 e. The topological polar surface area (TPSA) is 76.6 Å². The van der Waals surface area contributed by atoms with Crippen molar-refractivity contribution in [2.75, 3.05) is 23.6 Å². The first kappa shape index (κ1) is 17.5. The maximum atomic E-state index is 13.0. The fourth-order valence-electron chi connectivity index (χ4n) is 3.66. The Balaban J connectivity index is 1.26. The van der Waals surface area contributed by atoms with Gasteiger partial charge in [0.25, 0.3) is 5.91 Å². The Morgan fingerprint density at radius 1 is 1.07 bits per heavy atom. The SMILES string of the molecule is O=C(c1cnc(NCc2ccc3c(c2)OCO3)nc1)N1CCCc2ccccc21. The van der Waals surface area contributed by atoms with Crippen LogP contribution >= 0.6 is 0 Å². The highest BCUT2D eigenvalue weighted by Gasteiger charge is 2.23. The van der Waals surface area contributed by atoms with Gasteiger partial charge in [0.05, 0.1) is 5.56 Å². The number of carbonyl (C=O) groups is 1. The maximum Gasteiger partial charge on any atom is 0.261 e. The number of amides is 1. The molecule has 0 spiro atoms. The fraction of sp³-hybridized carbons (Fsp3) is 0.227. The first-order valence-corrected chi connectivity index (χ1v) is 9.62. The normalized spacial score (nSPS) is 14.4.